The molecule has 1 N–H and O–H groups in total. The van der Waals surface area contributed by atoms with Crippen LogP contribution in [0, 0.1) is 0 Å². The molecule has 0 unspecified atom stereocenters. The first-order chi connectivity index (χ1) is 9.45. The van der Waals surface area contributed by atoms with E-state index >= 15 is 0 Å². The van der Waals surface area contributed by atoms with Crippen LogP contribution in [0.2, 0.25) is 0 Å². The highest BCUT2D eigenvalue weighted by Gasteiger charge is 2.28. The Bertz CT molecular complexity index is 589. The highest BCUT2D eigenvalue weighted by atomic mass is 35.5. The van der Waals surface area contributed by atoms with Crippen LogP contribution in [-0.2, 0) is 14.8 Å². The quantitative estimate of drug-likeness (QED) is 0.830. The van der Waals surface area contributed by atoms with E-state index in [2.05, 4.69) is 10.1 Å². The monoisotopic (exact) mass is 334 g/mol. The number of methoxy groups -OCH3 is 1. The largest absolute Gasteiger partial charge is 0.465 e. The Kier molecular flexibility index (Phi) is 6.15. The van der Waals surface area contributed by atoms with Crippen molar-refractivity contribution in [2.75, 3.05) is 26.7 Å². The van der Waals surface area contributed by atoms with Crippen LogP contribution in [-0.4, -0.2) is 51.5 Å². The van der Waals surface area contributed by atoms with Gasteiger partial charge in [-0.05, 0) is 31.2 Å². The molecule has 1 aromatic rings. The molecule has 0 radical (unpaired) electrons. The van der Waals surface area contributed by atoms with Gasteiger partial charge in [0.15, 0.2) is 0 Å². The van der Waals surface area contributed by atoms with E-state index in [1.165, 1.54) is 35.7 Å². The van der Waals surface area contributed by atoms with Crippen molar-refractivity contribution in [1.29, 1.82) is 0 Å². The van der Waals surface area contributed by atoms with Crippen LogP contribution in [0.3, 0.4) is 0 Å². The molecule has 1 fully saturated rings. The first kappa shape index (κ1) is 17.9. The zero-order valence-electron chi connectivity index (χ0n) is 11.9. The van der Waals surface area contributed by atoms with Crippen molar-refractivity contribution >= 4 is 28.4 Å². The van der Waals surface area contributed by atoms with Crippen LogP contribution in [0.25, 0.3) is 0 Å². The van der Waals surface area contributed by atoms with E-state index in [-0.39, 0.29) is 23.3 Å². The lowest BCUT2D eigenvalue weighted by Gasteiger charge is -2.31. The fourth-order valence-corrected chi connectivity index (χ4v) is 3.67. The molecule has 0 aromatic heterocycles. The van der Waals surface area contributed by atoms with Gasteiger partial charge < -0.3 is 10.1 Å². The maximum absolute atomic E-state index is 12.5. The summed E-state index contributed by atoms with van der Waals surface area (Å²) in [6.07, 6.45) is 0. The number of nitrogens with zero attached hydrogens (tertiary/aromatic N) is 1. The summed E-state index contributed by atoms with van der Waals surface area (Å²) >= 11 is 0. The van der Waals surface area contributed by atoms with Crippen molar-refractivity contribution in [2.24, 2.45) is 0 Å². The Morgan fingerprint density at radius 1 is 1.33 bits per heavy atom. The number of rotatable bonds is 3. The van der Waals surface area contributed by atoms with Gasteiger partial charge in [-0.25, -0.2) is 13.2 Å². The molecule has 2 rings (SSSR count). The predicted molar refractivity (Wildman–Crippen MR) is 81.3 cm³/mol. The fourth-order valence-electron chi connectivity index (χ4n) is 2.15. The summed E-state index contributed by atoms with van der Waals surface area (Å²) in [6.45, 7) is 3.48. The molecule has 0 spiro atoms. The number of carbonyl (C=O) groups excluding carboxylic acids is 1. The van der Waals surface area contributed by atoms with E-state index in [1.54, 1.807) is 0 Å². The van der Waals surface area contributed by atoms with E-state index in [1.807, 2.05) is 6.92 Å². The number of piperazine rings is 1. The first-order valence-electron chi connectivity index (χ1n) is 6.37. The molecule has 8 heteroatoms. The average molecular weight is 335 g/mol. The Morgan fingerprint density at radius 2 is 1.95 bits per heavy atom. The smallest absolute Gasteiger partial charge is 0.337 e. The minimum atomic E-state index is -3.50. The Morgan fingerprint density at radius 3 is 2.48 bits per heavy atom. The van der Waals surface area contributed by atoms with Gasteiger partial charge in [-0.2, -0.15) is 4.31 Å². The standard InChI is InChI=1S/C13H18N2O4S.ClH/c1-10-9-15(8-7-14-10)20(17,18)12-5-3-11(4-6-12)13(16)19-2;/h3-6,10,14H,7-9H2,1-2H3;1H/t10-;/m1./s1. The van der Waals surface area contributed by atoms with Gasteiger partial charge in [0.2, 0.25) is 10.0 Å². The molecular formula is C13H19ClN2O4S. The lowest BCUT2D eigenvalue weighted by atomic mass is 10.2. The van der Waals surface area contributed by atoms with Crippen LogP contribution in [0.5, 0.6) is 0 Å². The van der Waals surface area contributed by atoms with E-state index in [4.69, 9.17) is 0 Å². The predicted octanol–water partition coefficient (Wildman–Crippen LogP) is 0.877. The second-order valence-corrected chi connectivity index (χ2v) is 6.67. The summed E-state index contributed by atoms with van der Waals surface area (Å²) in [6, 6.07) is 5.94. The Balaban J connectivity index is 0.00000220. The van der Waals surface area contributed by atoms with Crippen LogP contribution in [0.1, 0.15) is 17.3 Å². The SMILES string of the molecule is COC(=O)c1ccc(S(=O)(=O)N2CCN[C@H](C)C2)cc1.Cl. The number of carbonyl (C=O) groups is 1. The van der Waals surface area contributed by atoms with E-state index in [0.29, 0.717) is 25.2 Å². The molecule has 21 heavy (non-hydrogen) atoms. The van der Waals surface area contributed by atoms with Gasteiger partial charge in [0.05, 0.1) is 17.6 Å². The number of benzene rings is 1. The van der Waals surface area contributed by atoms with Crippen molar-refractivity contribution in [1.82, 2.24) is 9.62 Å². The van der Waals surface area contributed by atoms with Gasteiger partial charge in [-0.3, -0.25) is 0 Å². The fraction of sp³-hybridized carbons (Fsp3) is 0.462. The third kappa shape index (κ3) is 3.94. The van der Waals surface area contributed by atoms with Crippen LogP contribution < -0.4 is 5.32 Å². The van der Waals surface area contributed by atoms with Crippen molar-refractivity contribution < 1.29 is 17.9 Å². The molecule has 118 valence electrons. The maximum atomic E-state index is 12.5. The number of nitrogens with one attached hydrogen (secondary N) is 1. The Labute approximate surface area is 130 Å². The number of halogens is 1. The Hall–Kier alpha value is -1.15. The third-order valence-corrected chi connectivity index (χ3v) is 5.12. The van der Waals surface area contributed by atoms with Gasteiger partial charge in [0.1, 0.15) is 0 Å². The molecule has 0 saturated carbocycles. The summed E-state index contributed by atoms with van der Waals surface area (Å²) in [7, 11) is -2.22. The topological polar surface area (TPSA) is 75.7 Å². The maximum Gasteiger partial charge on any atom is 0.337 e. The number of hydrogen-bond donors (Lipinski definition) is 1. The first-order valence-corrected chi connectivity index (χ1v) is 7.81. The van der Waals surface area contributed by atoms with Crippen molar-refractivity contribution in [3.8, 4) is 0 Å². The molecular weight excluding hydrogens is 316 g/mol. The molecule has 0 bridgehead atoms. The summed E-state index contributed by atoms with van der Waals surface area (Å²) in [5.74, 6) is -0.482. The normalized spacial score (nSPS) is 19.6. The molecule has 1 aliphatic heterocycles. The second-order valence-electron chi connectivity index (χ2n) is 4.73. The molecule has 1 atom stereocenters. The summed E-state index contributed by atoms with van der Waals surface area (Å²) in [4.78, 5) is 11.5. The molecule has 0 aliphatic carbocycles. The van der Waals surface area contributed by atoms with Gasteiger partial charge in [0.25, 0.3) is 0 Å². The zero-order chi connectivity index (χ0) is 14.8. The highest BCUT2D eigenvalue weighted by Crippen LogP contribution is 2.18. The third-order valence-electron chi connectivity index (χ3n) is 3.24. The number of sulfonamides is 1. The molecule has 6 nitrogen and oxygen atoms in total. The van der Waals surface area contributed by atoms with E-state index < -0.39 is 16.0 Å². The average Bonchev–Trinajstić information content (AvgIpc) is 2.46. The lowest BCUT2D eigenvalue weighted by molar-refractivity contribution is 0.0600. The van der Waals surface area contributed by atoms with Crippen molar-refractivity contribution in [3.05, 3.63) is 29.8 Å². The van der Waals surface area contributed by atoms with Crippen molar-refractivity contribution in [3.63, 3.8) is 0 Å². The number of ether oxygens (including phenoxy) is 1. The summed E-state index contributed by atoms with van der Waals surface area (Å²) in [5, 5.41) is 3.20. The minimum absolute atomic E-state index is 0. The van der Waals surface area contributed by atoms with Crippen LogP contribution in [0.4, 0.5) is 0 Å². The van der Waals surface area contributed by atoms with Crippen molar-refractivity contribution in [2.45, 2.75) is 17.9 Å². The molecule has 0 amide bonds. The van der Waals surface area contributed by atoms with E-state index in [9.17, 15) is 13.2 Å². The van der Waals surface area contributed by atoms with Crippen LogP contribution >= 0.6 is 12.4 Å². The van der Waals surface area contributed by atoms with Gasteiger partial charge in [0, 0.05) is 25.7 Å². The van der Waals surface area contributed by atoms with Gasteiger partial charge in [-0.1, -0.05) is 0 Å². The zero-order valence-corrected chi connectivity index (χ0v) is 13.5. The molecule has 1 aromatic carbocycles. The second kappa shape index (κ2) is 7.22. The highest BCUT2D eigenvalue weighted by molar-refractivity contribution is 7.89. The molecule has 1 saturated heterocycles. The molecule has 1 heterocycles. The molecule has 1 aliphatic rings. The summed E-state index contributed by atoms with van der Waals surface area (Å²) in [5.41, 5.74) is 0.333. The van der Waals surface area contributed by atoms with Gasteiger partial charge in [-0.15, -0.1) is 12.4 Å². The van der Waals surface area contributed by atoms with E-state index in [0.717, 1.165) is 0 Å². The van der Waals surface area contributed by atoms with Crippen LogP contribution in [0.15, 0.2) is 29.2 Å². The number of esters is 1. The summed E-state index contributed by atoms with van der Waals surface area (Å²) < 4.78 is 31.0. The lowest BCUT2D eigenvalue weighted by Crippen LogP contribution is -2.51. The minimum Gasteiger partial charge on any atom is -0.465 e. The van der Waals surface area contributed by atoms with Gasteiger partial charge >= 0.3 is 5.97 Å². The number of hydrogen-bond acceptors (Lipinski definition) is 5.